The van der Waals surface area contributed by atoms with Gasteiger partial charge in [-0.05, 0) is 34.8 Å². The molecule has 1 fully saturated rings. The fourth-order valence-corrected chi connectivity index (χ4v) is 2.77. The first-order valence-corrected chi connectivity index (χ1v) is 6.77. The Balaban J connectivity index is 2.19. The van der Waals surface area contributed by atoms with Crippen LogP contribution in [-0.4, -0.2) is 22.0 Å². The van der Waals surface area contributed by atoms with Crippen LogP contribution in [0.1, 0.15) is 18.9 Å². The number of halogens is 2. The Kier molecular flexibility index (Phi) is 2.93. The van der Waals surface area contributed by atoms with E-state index in [0.717, 1.165) is 6.42 Å². The van der Waals surface area contributed by atoms with Crippen LogP contribution in [0.3, 0.4) is 0 Å². The summed E-state index contributed by atoms with van der Waals surface area (Å²) in [5.41, 5.74) is 7.00. The third-order valence-electron chi connectivity index (χ3n) is 3.33. The molecule has 0 saturated carbocycles. The van der Waals surface area contributed by atoms with Gasteiger partial charge in [-0.1, -0.05) is 0 Å². The summed E-state index contributed by atoms with van der Waals surface area (Å²) >= 11 is 3.14. The molecule has 1 atom stereocenters. The number of nitrogens with zero attached hydrogens (tertiary/aromatic N) is 2. The molecular formula is C12H12BrFN4O. The highest BCUT2D eigenvalue weighted by Crippen LogP contribution is 2.30. The van der Waals surface area contributed by atoms with Crippen LogP contribution in [0.2, 0.25) is 0 Å². The molecule has 1 aromatic carbocycles. The predicted octanol–water partition coefficient (Wildman–Crippen LogP) is 1.97. The van der Waals surface area contributed by atoms with E-state index in [0.29, 0.717) is 28.5 Å². The van der Waals surface area contributed by atoms with Crippen LogP contribution in [0.5, 0.6) is 0 Å². The highest BCUT2D eigenvalue weighted by atomic mass is 79.9. The average Bonchev–Trinajstić information content (AvgIpc) is 2.66. The lowest BCUT2D eigenvalue weighted by Gasteiger charge is -2.24. The number of rotatable bonds is 1. The van der Waals surface area contributed by atoms with Gasteiger partial charge in [0.25, 0.3) is 0 Å². The fraction of sp³-hybridized carbons (Fsp3) is 0.333. The smallest absolute Gasteiger partial charge is 0.243 e. The molecule has 5 nitrogen and oxygen atoms in total. The third-order valence-corrected chi connectivity index (χ3v) is 3.93. The van der Waals surface area contributed by atoms with E-state index >= 15 is 0 Å². The number of amides is 1. The van der Waals surface area contributed by atoms with Crippen molar-refractivity contribution >= 4 is 38.8 Å². The molecule has 0 radical (unpaired) electrons. The molecule has 0 spiro atoms. The van der Waals surface area contributed by atoms with Gasteiger partial charge in [0.2, 0.25) is 11.9 Å². The SMILES string of the molecule is Nc1nc2cc(F)c(Br)cc2n1C1CCCNC1=O. The molecule has 1 unspecified atom stereocenters. The maximum absolute atomic E-state index is 13.5. The summed E-state index contributed by atoms with van der Waals surface area (Å²) in [6, 6.07) is 2.54. The van der Waals surface area contributed by atoms with E-state index in [1.54, 1.807) is 10.6 Å². The Hall–Kier alpha value is -1.63. The Morgan fingerprint density at radius 1 is 1.53 bits per heavy atom. The van der Waals surface area contributed by atoms with Crippen molar-refractivity contribution in [1.29, 1.82) is 0 Å². The molecule has 3 N–H and O–H groups in total. The zero-order valence-corrected chi connectivity index (χ0v) is 11.6. The normalized spacial score (nSPS) is 19.7. The van der Waals surface area contributed by atoms with Crippen molar-refractivity contribution in [1.82, 2.24) is 14.9 Å². The van der Waals surface area contributed by atoms with Gasteiger partial charge in [0.1, 0.15) is 11.9 Å². The lowest BCUT2D eigenvalue weighted by Crippen LogP contribution is -2.38. The lowest BCUT2D eigenvalue weighted by molar-refractivity contribution is -0.125. The van der Waals surface area contributed by atoms with Gasteiger partial charge in [0, 0.05) is 12.6 Å². The van der Waals surface area contributed by atoms with Gasteiger partial charge in [0.15, 0.2) is 0 Å². The molecule has 100 valence electrons. The van der Waals surface area contributed by atoms with Gasteiger partial charge >= 0.3 is 0 Å². The molecule has 1 aliphatic heterocycles. The van der Waals surface area contributed by atoms with E-state index in [1.807, 2.05) is 0 Å². The van der Waals surface area contributed by atoms with E-state index < -0.39 is 5.82 Å². The number of carbonyl (C=O) groups is 1. The molecule has 1 aromatic heterocycles. The second-order valence-corrected chi connectivity index (χ2v) is 5.40. The molecule has 2 heterocycles. The summed E-state index contributed by atoms with van der Waals surface area (Å²) in [5.74, 6) is -0.238. The standard InChI is InChI=1S/C12H12BrFN4O/c13-6-4-10-8(5-7(6)14)17-12(15)18(10)9-2-1-3-16-11(9)19/h4-5,9H,1-3H2,(H2,15,17)(H,16,19). The molecule has 19 heavy (non-hydrogen) atoms. The number of imidazole rings is 1. The maximum atomic E-state index is 13.5. The van der Waals surface area contributed by atoms with Gasteiger partial charge in [-0.3, -0.25) is 9.36 Å². The Labute approximate surface area is 117 Å². The summed E-state index contributed by atoms with van der Waals surface area (Å²) in [6.07, 6.45) is 1.59. The summed E-state index contributed by atoms with van der Waals surface area (Å²) in [7, 11) is 0. The Morgan fingerprint density at radius 2 is 2.32 bits per heavy atom. The van der Waals surface area contributed by atoms with Gasteiger partial charge in [-0.25, -0.2) is 9.37 Å². The first-order chi connectivity index (χ1) is 9.08. The van der Waals surface area contributed by atoms with E-state index in [4.69, 9.17) is 5.73 Å². The first kappa shape index (κ1) is 12.4. The lowest BCUT2D eigenvalue weighted by atomic mass is 10.1. The van der Waals surface area contributed by atoms with Crippen molar-refractivity contribution < 1.29 is 9.18 Å². The fourth-order valence-electron chi connectivity index (χ4n) is 2.44. The number of aromatic nitrogens is 2. The topological polar surface area (TPSA) is 72.9 Å². The number of piperidine rings is 1. The van der Waals surface area contributed by atoms with E-state index in [9.17, 15) is 9.18 Å². The minimum absolute atomic E-state index is 0.0716. The van der Waals surface area contributed by atoms with Crippen LogP contribution in [-0.2, 0) is 4.79 Å². The summed E-state index contributed by atoms with van der Waals surface area (Å²) in [5, 5.41) is 2.81. The van der Waals surface area contributed by atoms with E-state index in [2.05, 4.69) is 26.2 Å². The van der Waals surface area contributed by atoms with Crippen LogP contribution in [0.15, 0.2) is 16.6 Å². The van der Waals surface area contributed by atoms with Crippen molar-refractivity contribution in [3.63, 3.8) is 0 Å². The van der Waals surface area contributed by atoms with E-state index in [1.165, 1.54) is 6.07 Å². The van der Waals surface area contributed by atoms with Crippen LogP contribution in [0, 0.1) is 5.82 Å². The summed E-state index contributed by atoms with van der Waals surface area (Å²) < 4.78 is 15.5. The van der Waals surface area contributed by atoms with Crippen molar-refractivity contribution in [3.8, 4) is 0 Å². The Bertz CT molecular complexity index is 669. The Morgan fingerprint density at radius 3 is 3.05 bits per heavy atom. The number of nitrogen functional groups attached to an aromatic ring is 1. The van der Waals surface area contributed by atoms with E-state index in [-0.39, 0.29) is 17.9 Å². The quantitative estimate of drug-likeness (QED) is 0.841. The van der Waals surface area contributed by atoms with Crippen molar-refractivity contribution in [3.05, 3.63) is 22.4 Å². The largest absolute Gasteiger partial charge is 0.369 e. The molecule has 1 aliphatic rings. The second-order valence-electron chi connectivity index (χ2n) is 4.54. The number of nitrogens with one attached hydrogen (secondary N) is 1. The number of benzene rings is 1. The zero-order chi connectivity index (χ0) is 13.6. The van der Waals surface area contributed by atoms with Crippen LogP contribution < -0.4 is 11.1 Å². The summed E-state index contributed by atoms with van der Waals surface area (Å²) in [4.78, 5) is 16.1. The van der Waals surface area contributed by atoms with Crippen molar-refractivity contribution in [2.75, 3.05) is 12.3 Å². The number of fused-ring (bicyclic) bond motifs is 1. The minimum atomic E-state index is -0.398. The maximum Gasteiger partial charge on any atom is 0.243 e. The molecule has 0 aliphatic carbocycles. The molecule has 1 saturated heterocycles. The van der Waals surface area contributed by atoms with Gasteiger partial charge < -0.3 is 11.1 Å². The highest BCUT2D eigenvalue weighted by Gasteiger charge is 2.27. The number of carbonyl (C=O) groups excluding carboxylic acids is 1. The molecule has 1 amide bonds. The van der Waals surface area contributed by atoms with Crippen LogP contribution in [0.25, 0.3) is 11.0 Å². The monoisotopic (exact) mass is 326 g/mol. The average molecular weight is 327 g/mol. The number of anilines is 1. The number of hydrogen-bond donors (Lipinski definition) is 2. The molecule has 7 heteroatoms. The van der Waals surface area contributed by atoms with Crippen molar-refractivity contribution in [2.24, 2.45) is 0 Å². The minimum Gasteiger partial charge on any atom is -0.369 e. The number of nitrogens with two attached hydrogens (primary N) is 1. The van der Waals surface area contributed by atoms with Crippen LogP contribution in [0.4, 0.5) is 10.3 Å². The van der Waals surface area contributed by atoms with Crippen LogP contribution >= 0.6 is 15.9 Å². The third kappa shape index (κ3) is 1.98. The van der Waals surface area contributed by atoms with Gasteiger partial charge in [-0.2, -0.15) is 0 Å². The number of hydrogen-bond acceptors (Lipinski definition) is 3. The van der Waals surface area contributed by atoms with Gasteiger partial charge in [0.05, 0.1) is 15.5 Å². The predicted molar refractivity (Wildman–Crippen MR) is 73.1 cm³/mol. The molecular weight excluding hydrogens is 315 g/mol. The highest BCUT2D eigenvalue weighted by molar-refractivity contribution is 9.10. The zero-order valence-electron chi connectivity index (χ0n) is 9.99. The molecule has 3 rings (SSSR count). The second kappa shape index (κ2) is 4.48. The molecule has 0 bridgehead atoms. The van der Waals surface area contributed by atoms with Crippen molar-refractivity contribution in [2.45, 2.75) is 18.9 Å². The van der Waals surface area contributed by atoms with Gasteiger partial charge in [-0.15, -0.1) is 0 Å². The summed E-state index contributed by atoms with van der Waals surface area (Å²) in [6.45, 7) is 0.681. The first-order valence-electron chi connectivity index (χ1n) is 5.98. The molecule has 2 aromatic rings.